The number of nitrogens with zero attached hydrogens (tertiary/aromatic N) is 1. The van der Waals surface area contributed by atoms with Gasteiger partial charge in [0.05, 0.1) is 11.0 Å². The first-order valence-corrected chi connectivity index (χ1v) is 6.61. The molecular weight excluding hydrogens is 250 g/mol. The molecule has 0 unspecified atom stereocenters. The van der Waals surface area contributed by atoms with Crippen molar-refractivity contribution in [1.82, 2.24) is 9.97 Å². The SMILES string of the molecule is Cc1ccc(OCc2nc3ccc(CN)cc3[nH]2)cc1. The number of aromatic amines is 1. The lowest BCUT2D eigenvalue weighted by molar-refractivity contribution is 0.297. The van der Waals surface area contributed by atoms with Gasteiger partial charge in [-0.05, 0) is 36.8 Å². The van der Waals surface area contributed by atoms with E-state index >= 15 is 0 Å². The zero-order valence-corrected chi connectivity index (χ0v) is 11.4. The second-order valence-corrected chi connectivity index (χ2v) is 4.84. The maximum absolute atomic E-state index is 5.71. The molecule has 3 N–H and O–H groups in total. The van der Waals surface area contributed by atoms with E-state index in [4.69, 9.17) is 10.5 Å². The largest absolute Gasteiger partial charge is 0.486 e. The van der Waals surface area contributed by atoms with Gasteiger partial charge in [-0.1, -0.05) is 23.8 Å². The van der Waals surface area contributed by atoms with Crippen molar-refractivity contribution in [3.63, 3.8) is 0 Å². The van der Waals surface area contributed by atoms with Crippen molar-refractivity contribution < 1.29 is 4.74 Å². The Morgan fingerprint density at radius 1 is 1.15 bits per heavy atom. The maximum atomic E-state index is 5.71. The summed E-state index contributed by atoms with van der Waals surface area (Å²) in [6.45, 7) is 3.01. The third-order valence-electron chi connectivity index (χ3n) is 3.23. The fraction of sp³-hybridized carbons (Fsp3) is 0.188. The molecular formula is C16H17N3O. The van der Waals surface area contributed by atoms with Crippen molar-refractivity contribution in [2.24, 2.45) is 5.73 Å². The first-order chi connectivity index (χ1) is 9.74. The number of fused-ring (bicyclic) bond motifs is 1. The second kappa shape index (κ2) is 5.35. The van der Waals surface area contributed by atoms with Gasteiger partial charge in [-0.15, -0.1) is 0 Å². The fourth-order valence-corrected chi connectivity index (χ4v) is 2.09. The Bertz CT molecular complexity index is 716. The maximum Gasteiger partial charge on any atom is 0.146 e. The van der Waals surface area contributed by atoms with E-state index in [1.807, 2.05) is 42.5 Å². The van der Waals surface area contributed by atoms with Crippen molar-refractivity contribution in [1.29, 1.82) is 0 Å². The van der Waals surface area contributed by atoms with Crippen LogP contribution in [0, 0.1) is 6.92 Å². The van der Waals surface area contributed by atoms with Gasteiger partial charge in [-0.25, -0.2) is 4.98 Å². The highest BCUT2D eigenvalue weighted by molar-refractivity contribution is 5.75. The summed E-state index contributed by atoms with van der Waals surface area (Å²) < 4.78 is 5.71. The normalized spacial score (nSPS) is 10.9. The van der Waals surface area contributed by atoms with Crippen LogP contribution >= 0.6 is 0 Å². The number of H-pyrrole nitrogens is 1. The van der Waals surface area contributed by atoms with Gasteiger partial charge >= 0.3 is 0 Å². The smallest absolute Gasteiger partial charge is 0.146 e. The quantitative estimate of drug-likeness (QED) is 0.764. The zero-order chi connectivity index (χ0) is 13.9. The lowest BCUT2D eigenvalue weighted by Gasteiger charge is -2.03. The minimum atomic E-state index is 0.426. The van der Waals surface area contributed by atoms with Crippen LogP contribution < -0.4 is 10.5 Å². The minimum absolute atomic E-state index is 0.426. The van der Waals surface area contributed by atoms with Crippen LogP contribution in [0.5, 0.6) is 5.75 Å². The van der Waals surface area contributed by atoms with E-state index in [-0.39, 0.29) is 0 Å². The topological polar surface area (TPSA) is 63.9 Å². The highest BCUT2D eigenvalue weighted by Crippen LogP contribution is 2.16. The van der Waals surface area contributed by atoms with Crippen molar-refractivity contribution in [2.45, 2.75) is 20.1 Å². The van der Waals surface area contributed by atoms with Crippen LogP contribution in [0.1, 0.15) is 17.0 Å². The third kappa shape index (κ3) is 2.65. The lowest BCUT2D eigenvalue weighted by atomic mass is 10.2. The van der Waals surface area contributed by atoms with E-state index in [2.05, 4.69) is 16.9 Å². The number of rotatable bonds is 4. The average molecular weight is 267 g/mol. The van der Waals surface area contributed by atoms with E-state index in [0.29, 0.717) is 13.2 Å². The Kier molecular flexibility index (Phi) is 3.39. The summed E-state index contributed by atoms with van der Waals surface area (Å²) in [5, 5.41) is 0. The number of ether oxygens (including phenoxy) is 1. The number of imidazole rings is 1. The van der Waals surface area contributed by atoms with Crippen molar-refractivity contribution in [3.8, 4) is 5.75 Å². The molecule has 4 nitrogen and oxygen atoms in total. The molecule has 0 radical (unpaired) electrons. The number of benzene rings is 2. The predicted molar refractivity (Wildman–Crippen MR) is 79.5 cm³/mol. The second-order valence-electron chi connectivity index (χ2n) is 4.84. The van der Waals surface area contributed by atoms with Gasteiger partial charge in [0.25, 0.3) is 0 Å². The Morgan fingerprint density at radius 2 is 1.95 bits per heavy atom. The van der Waals surface area contributed by atoms with E-state index in [1.54, 1.807) is 0 Å². The number of hydrogen-bond donors (Lipinski definition) is 2. The molecule has 4 heteroatoms. The molecule has 0 bridgehead atoms. The van der Waals surface area contributed by atoms with Crippen molar-refractivity contribution in [3.05, 3.63) is 59.4 Å². The van der Waals surface area contributed by atoms with Gasteiger partial charge in [-0.2, -0.15) is 0 Å². The van der Waals surface area contributed by atoms with Crippen LogP contribution in [-0.2, 0) is 13.2 Å². The Balaban J connectivity index is 1.75. The molecule has 0 fully saturated rings. The lowest BCUT2D eigenvalue weighted by Crippen LogP contribution is -1.97. The highest BCUT2D eigenvalue weighted by Gasteiger charge is 2.04. The fourth-order valence-electron chi connectivity index (χ4n) is 2.09. The molecule has 0 saturated heterocycles. The monoisotopic (exact) mass is 267 g/mol. The molecule has 1 aromatic heterocycles. The number of nitrogens with one attached hydrogen (secondary N) is 1. The predicted octanol–water partition coefficient (Wildman–Crippen LogP) is 2.91. The van der Waals surface area contributed by atoms with Gasteiger partial charge in [0.1, 0.15) is 18.2 Å². The molecule has 1 heterocycles. The number of nitrogens with two attached hydrogens (primary N) is 1. The van der Waals surface area contributed by atoms with Crippen LogP contribution in [0.15, 0.2) is 42.5 Å². The highest BCUT2D eigenvalue weighted by atomic mass is 16.5. The van der Waals surface area contributed by atoms with Crippen LogP contribution in [0.3, 0.4) is 0 Å². The first-order valence-electron chi connectivity index (χ1n) is 6.61. The summed E-state index contributed by atoms with van der Waals surface area (Å²) in [5.74, 6) is 1.66. The van der Waals surface area contributed by atoms with E-state index in [0.717, 1.165) is 28.2 Å². The minimum Gasteiger partial charge on any atom is -0.486 e. The average Bonchev–Trinajstić information content (AvgIpc) is 2.88. The van der Waals surface area contributed by atoms with Gasteiger partial charge in [0, 0.05) is 6.54 Å². The molecule has 0 atom stereocenters. The molecule has 2 aromatic carbocycles. The van der Waals surface area contributed by atoms with Gasteiger partial charge < -0.3 is 15.5 Å². The summed E-state index contributed by atoms with van der Waals surface area (Å²) in [6, 6.07) is 14.0. The molecule has 0 spiro atoms. The zero-order valence-electron chi connectivity index (χ0n) is 11.4. The Labute approximate surface area is 117 Å². The Morgan fingerprint density at radius 3 is 2.70 bits per heavy atom. The van der Waals surface area contributed by atoms with Crippen molar-refractivity contribution in [2.75, 3.05) is 0 Å². The van der Waals surface area contributed by atoms with Crippen LogP contribution in [0.2, 0.25) is 0 Å². The molecule has 3 rings (SSSR count). The van der Waals surface area contributed by atoms with Crippen LogP contribution in [0.25, 0.3) is 11.0 Å². The summed E-state index contributed by atoms with van der Waals surface area (Å²) in [6.07, 6.45) is 0. The van der Waals surface area contributed by atoms with E-state index in [1.165, 1.54) is 5.56 Å². The summed E-state index contributed by atoms with van der Waals surface area (Å²) in [7, 11) is 0. The number of hydrogen-bond acceptors (Lipinski definition) is 3. The molecule has 0 saturated carbocycles. The molecule has 0 amide bonds. The Hall–Kier alpha value is -2.33. The number of aromatic nitrogens is 2. The van der Waals surface area contributed by atoms with Crippen LogP contribution in [-0.4, -0.2) is 9.97 Å². The van der Waals surface area contributed by atoms with Crippen molar-refractivity contribution >= 4 is 11.0 Å². The van der Waals surface area contributed by atoms with Gasteiger partial charge in [0.15, 0.2) is 0 Å². The molecule has 102 valence electrons. The van der Waals surface area contributed by atoms with Crippen LogP contribution in [0.4, 0.5) is 0 Å². The summed E-state index contributed by atoms with van der Waals surface area (Å²) >= 11 is 0. The molecule has 0 aliphatic carbocycles. The van der Waals surface area contributed by atoms with E-state index < -0.39 is 0 Å². The molecule has 3 aromatic rings. The number of aryl methyl sites for hydroxylation is 1. The third-order valence-corrected chi connectivity index (χ3v) is 3.23. The summed E-state index contributed by atoms with van der Waals surface area (Å²) in [4.78, 5) is 7.76. The first kappa shape index (κ1) is 12.7. The standard InChI is InChI=1S/C16H17N3O/c1-11-2-5-13(6-3-11)20-10-16-18-14-7-4-12(9-17)8-15(14)19-16/h2-8H,9-10,17H2,1H3,(H,18,19). The van der Waals surface area contributed by atoms with Gasteiger partial charge in [-0.3, -0.25) is 0 Å². The molecule has 0 aliphatic rings. The molecule has 20 heavy (non-hydrogen) atoms. The summed E-state index contributed by atoms with van der Waals surface area (Å²) in [5.41, 5.74) is 9.87. The van der Waals surface area contributed by atoms with E-state index in [9.17, 15) is 0 Å². The molecule has 0 aliphatic heterocycles. The van der Waals surface area contributed by atoms with Gasteiger partial charge in [0.2, 0.25) is 0 Å².